The number of aliphatic hydroxyl groups excluding tert-OH is 1. The summed E-state index contributed by atoms with van der Waals surface area (Å²) in [6.45, 7) is 7.37. The van der Waals surface area contributed by atoms with Crippen molar-refractivity contribution < 1.29 is 14.6 Å². The van der Waals surface area contributed by atoms with Crippen molar-refractivity contribution in [1.82, 2.24) is 10.2 Å². The van der Waals surface area contributed by atoms with Gasteiger partial charge in [-0.3, -0.25) is 4.90 Å². The highest BCUT2D eigenvalue weighted by Gasteiger charge is 2.34. The molecule has 0 unspecified atom stereocenters. The van der Waals surface area contributed by atoms with E-state index in [-0.39, 0.29) is 24.3 Å². The molecule has 2 N–H and O–H groups in total. The summed E-state index contributed by atoms with van der Waals surface area (Å²) in [4.78, 5) is 14.1. The van der Waals surface area contributed by atoms with Gasteiger partial charge in [0.15, 0.2) is 0 Å². The molecule has 5 heteroatoms. The van der Waals surface area contributed by atoms with Crippen LogP contribution in [0.25, 0.3) is 0 Å². The Morgan fingerprint density at radius 3 is 2.60 bits per heavy atom. The molecule has 0 radical (unpaired) electrons. The van der Waals surface area contributed by atoms with Crippen LogP contribution >= 0.6 is 0 Å². The van der Waals surface area contributed by atoms with E-state index in [1.165, 1.54) is 6.42 Å². The fourth-order valence-electron chi connectivity index (χ4n) is 3.20. The van der Waals surface area contributed by atoms with Gasteiger partial charge in [-0.2, -0.15) is 0 Å². The third kappa shape index (κ3) is 4.35. The molecule has 3 atom stereocenters. The van der Waals surface area contributed by atoms with Crippen LogP contribution in [0.4, 0.5) is 4.79 Å². The summed E-state index contributed by atoms with van der Waals surface area (Å²) in [5.41, 5.74) is -0.456. The Balaban J connectivity index is 1.79. The first-order chi connectivity index (χ1) is 9.35. The summed E-state index contributed by atoms with van der Waals surface area (Å²) < 4.78 is 5.28. The van der Waals surface area contributed by atoms with Crippen LogP contribution in [0.3, 0.4) is 0 Å². The second-order valence-corrected chi connectivity index (χ2v) is 7.05. The minimum atomic E-state index is -0.456. The molecule has 1 aliphatic heterocycles. The molecular formula is C15H28N2O3. The number of nitrogens with zero attached hydrogens (tertiary/aromatic N) is 1. The van der Waals surface area contributed by atoms with E-state index in [2.05, 4.69) is 10.2 Å². The first-order valence-electron chi connectivity index (χ1n) is 7.77. The lowest BCUT2D eigenvalue weighted by Gasteiger charge is -2.35. The van der Waals surface area contributed by atoms with Crippen LogP contribution in [0, 0.1) is 0 Å². The van der Waals surface area contributed by atoms with E-state index in [1.54, 1.807) is 0 Å². The van der Waals surface area contributed by atoms with Crippen LogP contribution < -0.4 is 5.32 Å². The highest BCUT2D eigenvalue weighted by atomic mass is 16.6. The molecular weight excluding hydrogens is 256 g/mol. The first kappa shape index (κ1) is 15.6. The monoisotopic (exact) mass is 284 g/mol. The fraction of sp³-hybridized carbons (Fsp3) is 0.933. The summed E-state index contributed by atoms with van der Waals surface area (Å²) >= 11 is 0. The highest BCUT2D eigenvalue weighted by molar-refractivity contribution is 5.68. The highest BCUT2D eigenvalue weighted by Crippen LogP contribution is 2.26. The Hall–Kier alpha value is -0.810. The van der Waals surface area contributed by atoms with E-state index in [0.717, 1.165) is 38.8 Å². The lowest BCUT2D eigenvalue weighted by Crippen LogP contribution is -2.46. The molecule has 0 aromatic heterocycles. The van der Waals surface area contributed by atoms with Crippen molar-refractivity contribution in [3.8, 4) is 0 Å². The Bertz CT molecular complexity index is 341. The number of carbonyl (C=O) groups is 1. The number of hydrogen-bond donors (Lipinski definition) is 2. The molecule has 1 heterocycles. The largest absolute Gasteiger partial charge is 0.444 e. The molecule has 20 heavy (non-hydrogen) atoms. The molecule has 1 saturated heterocycles. The van der Waals surface area contributed by atoms with Crippen molar-refractivity contribution in [2.45, 2.75) is 76.7 Å². The molecule has 0 spiro atoms. The standard InChI is InChI=1S/C15H28N2O3/c1-15(2,3)20-14(19)16-11-8-9-17(10-11)12-6-4-5-7-13(12)18/h11-13,18H,4-10H2,1-3H3,(H,16,19)/t11-,12+,13+/m1/s1. The zero-order valence-electron chi connectivity index (χ0n) is 12.9. The molecule has 2 fully saturated rings. The van der Waals surface area contributed by atoms with E-state index in [9.17, 15) is 9.90 Å². The van der Waals surface area contributed by atoms with Gasteiger partial charge in [-0.1, -0.05) is 12.8 Å². The molecule has 2 aliphatic rings. The van der Waals surface area contributed by atoms with Gasteiger partial charge in [-0.05, 0) is 40.0 Å². The quantitative estimate of drug-likeness (QED) is 0.813. The number of likely N-dealkylation sites (tertiary alicyclic amines) is 1. The maximum atomic E-state index is 11.8. The zero-order chi connectivity index (χ0) is 14.8. The number of rotatable bonds is 2. The SMILES string of the molecule is CC(C)(C)OC(=O)N[C@@H]1CCN([C@H]2CCCC[C@@H]2O)C1. The van der Waals surface area contributed by atoms with Gasteiger partial charge in [-0.15, -0.1) is 0 Å². The number of alkyl carbamates (subject to hydrolysis) is 1. The van der Waals surface area contributed by atoms with Crippen molar-refractivity contribution in [2.24, 2.45) is 0 Å². The predicted octanol–water partition coefficient (Wildman–Crippen LogP) is 1.89. The summed E-state index contributed by atoms with van der Waals surface area (Å²) in [5.74, 6) is 0. The van der Waals surface area contributed by atoms with E-state index >= 15 is 0 Å². The summed E-state index contributed by atoms with van der Waals surface area (Å²) in [7, 11) is 0. The van der Waals surface area contributed by atoms with Gasteiger partial charge >= 0.3 is 6.09 Å². The fourth-order valence-corrected chi connectivity index (χ4v) is 3.20. The number of carbonyl (C=O) groups excluding carboxylic acids is 1. The molecule has 1 amide bonds. The molecule has 0 bridgehead atoms. The molecule has 0 aromatic carbocycles. The molecule has 0 aromatic rings. The van der Waals surface area contributed by atoms with Crippen molar-refractivity contribution in [2.75, 3.05) is 13.1 Å². The Kier molecular flexibility index (Phi) is 4.91. The van der Waals surface area contributed by atoms with Gasteiger partial charge in [0, 0.05) is 25.2 Å². The lowest BCUT2D eigenvalue weighted by molar-refractivity contribution is 0.0292. The number of ether oxygens (including phenoxy) is 1. The van der Waals surface area contributed by atoms with Gasteiger partial charge in [0.2, 0.25) is 0 Å². The topological polar surface area (TPSA) is 61.8 Å². The average Bonchev–Trinajstić information content (AvgIpc) is 2.75. The molecule has 1 saturated carbocycles. The average molecular weight is 284 g/mol. The van der Waals surface area contributed by atoms with E-state index < -0.39 is 5.60 Å². The smallest absolute Gasteiger partial charge is 0.407 e. The van der Waals surface area contributed by atoms with E-state index in [1.807, 2.05) is 20.8 Å². The number of nitrogens with one attached hydrogen (secondary N) is 1. The summed E-state index contributed by atoms with van der Waals surface area (Å²) in [5, 5.41) is 13.0. The van der Waals surface area contributed by atoms with Crippen molar-refractivity contribution in [3.05, 3.63) is 0 Å². The summed E-state index contributed by atoms with van der Waals surface area (Å²) in [6.07, 6.45) is 4.69. The van der Waals surface area contributed by atoms with Crippen LogP contribution in [0.1, 0.15) is 52.9 Å². The van der Waals surface area contributed by atoms with Gasteiger partial charge in [0.05, 0.1) is 6.10 Å². The van der Waals surface area contributed by atoms with Crippen molar-refractivity contribution >= 4 is 6.09 Å². The van der Waals surface area contributed by atoms with E-state index in [4.69, 9.17) is 4.74 Å². The van der Waals surface area contributed by atoms with Gasteiger partial charge < -0.3 is 15.2 Å². The third-order valence-electron chi connectivity index (χ3n) is 4.10. The van der Waals surface area contributed by atoms with Crippen molar-refractivity contribution in [1.29, 1.82) is 0 Å². The number of amides is 1. The lowest BCUT2D eigenvalue weighted by atomic mass is 9.91. The Morgan fingerprint density at radius 2 is 1.95 bits per heavy atom. The van der Waals surface area contributed by atoms with Gasteiger partial charge in [0.1, 0.15) is 5.60 Å². The predicted molar refractivity (Wildman–Crippen MR) is 77.6 cm³/mol. The second-order valence-electron chi connectivity index (χ2n) is 7.05. The van der Waals surface area contributed by atoms with Crippen LogP contribution in [-0.4, -0.2) is 53.0 Å². The van der Waals surface area contributed by atoms with Crippen LogP contribution in [0.5, 0.6) is 0 Å². The van der Waals surface area contributed by atoms with Gasteiger partial charge in [0.25, 0.3) is 0 Å². The first-order valence-corrected chi connectivity index (χ1v) is 7.77. The maximum absolute atomic E-state index is 11.8. The maximum Gasteiger partial charge on any atom is 0.407 e. The zero-order valence-corrected chi connectivity index (χ0v) is 12.9. The normalized spacial score (nSPS) is 32.1. The molecule has 116 valence electrons. The van der Waals surface area contributed by atoms with E-state index in [0.29, 0.717) is 0 Å². The Morgan fingerprint density at radius 1 is 1.25 bits per heavy atom. The Labute approximate surface area is 121 Å². The molecule has 5 nitrogen and oxygen atoms in total. The van der Waals surface area contributed by atoms with Gasteiger partial charge in [-0.25, -0.2) is 4.79 Å². The van der Waals surface area contributed by atoms with Crippen LogP contribution in [0.2, 0.25) is 0 Å². The van der Waals surface area contributed by atoms with Crippen molar-refractivity contribution in [3.63, 3.8) is 0 Å². The minimum Gasteiger partial charge on any atom is -0.444 e. The third-order valence-corrected chi connectivity index (χ3v) is 4.10. The second kappa shape index (κ2) is 6.31. The molecule has 2 rings (SSSR count). The minimum absolute atomic E-state index is 0.138. The van der Waals surface area contributed by atoms with Crippen LogP contribution in [0.15, 0.2) is 0 Å². The molecule has 1 aliphatic carbocycles. The summed E-state index contributed by atoms with van der Waals surface area (Å²) in [6, 6.07) is 0.410. The van der Waals surface area contributed by atoms with Crippen LogP contribution in [-0.2, 0) is 4.74 Å². The number of hydrogen-bond acceptors (Lipinski definition) is 4. The number of aliphatic hydroxyl groups is 1.